The lowest BCUT2D eigenvalue weighted by molar-refractivity contribution is 0.204. The molecule has 0 spiro atoms. The standard InChI is InChI=1S/C13H21BrN2O2S2/c1-9-5-4-6-10(2)16(9)20(17,18)12-7-11(8-15-3)19-13(12)14/h7,9-10,15H,4-6,8H2,1-3H3. The van der Waals surface area contributed by atoms with Crippen LogP contribution in [0.25, 0.3) is 0 Å². The van der Waals surface area contributed by atoms with Crippen molar-refractivity contribution >= 4 is 37.3 Å². The van der Waals surface area contributed by atoms with Gasteiger partial charge in [0.1, 0.15) is 4.90 Å². The van der Waals surface area contributed by atoms with Crippen molar-refractivity contribution in [2.24, 2.45) is 0 Å². The number of sulfonamides is 1. The van der Waals surface area contributed by atoms with E-state index in [2.05, 4.69) is 21.2 Å². The Morgan fingerprint density at radius 2 is 2.00 bits per heavy atom. The van der Waals surface area contributed by atoms with Crippen LogP contribution in [0.5, 0.6) is 0 Å². The van der Waals surface area contributed by atoms with Crippen molar-refractivity contribution < 1.29 is 8.42 Å². The summed E-state index contributed by atoms with van der Waals surface area (Å²) in [5.74, 6) is 0. The van der Waals surface area contributed by atoms with Crippen LogP contribution in [0, 0.1) is 0 Å². The van der Waals surface area contributed by atoms with Gasteiger partial charge in [-0.25, -0.2) is 8.42 Å². The van der Waals surface area contributed by atoms with Crippen molar-refractivity contribution in [3.8, 4) is 0 Å². The zero-order valence-corrected chi connectivity index (χ0v) is 15.2. The maximum atomic E-state index is 12.9. The maximum Gasteiger partial charge on any atom is 0.245 e. The Morgan fingerprint density at radius 1 is 1.40 bits per heavy atom. The van der Waals surface area contributed by atoms with E-state index in [1.807, 2.05) is 20.9 Å². The molecule has 1 aromatic heterocycles. The van der Waals surface area contributed by atoms with Gasteiger partial charge in [0.05, 0.1) is 3.79 Å². The van der Waals surface area contributed by atoms with Crippen molar-refractivity contribution in [2.45, 2.75) is 56.6 Å². The highest BCUT2D eigenvalue weighted by Crippen LogP contribution is 2.37. The lowest BCUT2D eigenvalue weighted by Gasteiger charge is -2.37. The molecule has 1 aliphatic rings. The molecule has 1 fully saturated rings. The van der Waals surface area contributed by atoms with Gasteiger partial charge in [-0.05, 0) is 55.7 Å². The Morgan fingerprint density at radius 3 is 2.55 bits per heavy atom. The fourth-order valence-electron chi connectivity index (χ4n) is 2.82. The normalized spacial score (nSPS) is 25.0. The third-order valence-electron chi connectivity index (χ3n) is 3.73. The molecule has 2 atom stereocenters. The Kier molecular flexibility index (Phi) is 5.29. The van der Waals surface area contributed by atoms with Crippen molar-refractivity contribution in [1.29, 1.82) is 0 Å². The number of nitrogens with zero attached hydrogens (tertiary/aromatic N) is 1. The maximum absolute atomic E-state index is 12.9. The van der Waals surface area contributed by atoms with E-state index in [0.29, 0.717) is 15.2 Å². The Labute approximate surface area is 133 Å². The predicted molar refractivity (Wildman–Crippen MR) is 86.6 cm³/mol. The molecule has 7 heteroatoms. The molecule has 1 aliphatic heterocycles. The quantitative estimate of drug-likeness (QED) is 0.872. The summed E-state index contributed by atoms with van der Waals surface area (Å²) >= 11 is 4.89. The van der Waals surface area contributed by atoms with Gasteiger partial charge < -0.3 is 5.32 Å². The molecule has 1 saturated heterocycles. The summed E-state index contributed by atoms with van der Waals surface area (Å²) in [6.45, 7) is 4.69. The molecule has 2 unspecified atom stereocenters. The van der Waals surface area contributed by atoms with E-state index in [0.717, 1.165) is 24.1 Å². The van der Waals surface area contributed by atoms with Crippen LogP contribution >= 0.6 is 27.3 Å². The van der Waals surface area contributed by atoms with Crippen LogP contribution in [0.15, 0.2) is 14.7 Å². The zero-order valence-electron chi connectivity index (χ0n) is 12.0. The van der Waals surface area contributed by atoms with Gasteiger partial charge in [-0.3, -0.25) is 0 Å². The molecule has 2 heterocycles. The van der Waals surface area contributed by atoms with E-state index >= 15 is 0 Å². The molecular weight excluding hydrogens is 360 g/mol. The van der Waals surface area contributed by atoms with Gasteiger partial charge in [0.2, 0.25) is 10.0 Å². The third kappa shape index (κ3) is 3.11. The largest absolute Gasteiger partial charge is 0.315 e. The van der Waals surface area contributed by atoms with Gasteiger partial charge >= 0.3 is 0 Å². The minimum absolute atomic E-state index is 0.0725. The van der Waals surface area contributed by atoms with Crippen molar-refractivity contribution in [1.82, 2.24) is 9.62 Å². The number of hydrogen-bond acceptors (Lipinski definition) is 4. The first kappa shape index (κ1) is 16.4. The van der Waals surface area contributed by atoms with Crippen LogP contribution in [0.3, 0.4) is 0 Å². The minimum atomic E-state index is -3.42. The summed E-state index contributed by atoms with van der Waals surface area (Å²) in [5, 5.41) is 3.05. The molecule has 0 aromatic carbocycles. The number of thiophene rings is 1. The number of hydrogen-bond donors (Lipinski definition) is 1. The summed E-state index contributed by atoms with van der Waals surface area (Å²) in [4.78, 5) is 1.43. The van der Waals surface area contributed by atoms with E-state index in [4.69, 9.17) is 0 Å². The monoisotopic (exact) mass is 380 g/mol. The lowest BCUT2D eigenvalue weighted by atomic mass is 10.0. The van der Waals surface area contributed by atoms with Crippen molar-refractivity contribution in [2.75, 3.05) is 7.05 Å². The third-order valence-corrected chi connectivity index (χ3v) is 8.11. The molecular formula is C13H21BrN2O2S2. The topological polar surface area (TPSA) is 49.4 Å². The highest BCUT2D eigenvalue weighted by molar-refractivity contribution is 9.11. The van der Waals surface area contributed by atoms with Crippen LogP contribution in [-0.2, 0) is 16.6 Å². The molecule has 2 rings (SSSR count). The Bertz CT molecular complexity index is 561. The molecule has 0 aliphatic carbocycles. The summed E-state index contributed by atoms with van der Waals surface area (Å²) in [6.07, 6.45) is 2.98. The molecule has 0 saturated carbocycles. The molecule has 1 N–H and O–H groups in total. The molecule has 114 valence electrons. The van der Waals surface area contributed by atoms with Gasteiger partial charge in [0, 0.05) is 23.5 Å². The van der Waals surface area contributed by atoms with Crippen LogP contribution in [-0.4, -0.2) is 31.9 Å². The average molecular weight is 381 g/mol. The second-order valence-corrected chi connectivity index (χ2v) is 9.61. The first-order valence-electron chi connectivity index (χ1n) is 6.84. The minimum Gasteiger partial charge on any atom is -0.315 e. The highest BCUT2D eigenvalue weighted by Gasteiger charge is 2.37. The zero-order chi connectivity index (χ0) is 14.9. The second kappa shape index (κ2) is 6.44. The average Bonchev–Trinajstić information content (AvgIpc) is 2.71. The second-order valence-electron chi connectivity index (χ2n) is 5.34. The Hall–Kier alpha value is 0.0500. The summed E-state index contributed by atoms with van der Waals surface area (Å²) in [6, 6.07) is 1.93. The highest BCUT2D eigenvalue weighted by atomic mass is 79.9. The molecule has 0 radical (unpaired) electrons. The predicted octanol–water partition coefficient (Wildman–Crippen LogP) is 3.18. The van der Waals surface area contributed by atoms with Gasteiger partial charge in [0.25, 0.3) is 0 Å². The fourth-order valence-corrected chi connectivity index (χ4v) is 7.35. The SMILES string of the molecule is CNCc1cc(S(=O)(=O)N2C(C)CCCC2C)c(Br)s1. The van der Waals surface area contributed by atoms with Crippen LogP contribution in [0.1, 0.15) is 38.0 Å². The number of nitrogens with one attached hydrogen (secondary N) is 1. The molecule has 0 bridgehead atoms. The summed E-state index contributed by atoms with van der Waals surface area (Å²) in [5.41, 5.74) is 0. The van der Waals surface area contributed by atoms with E-state index in [-0.39, 0.29) is 12.1 Å². The van der Waals surface area contributed by atoms with Gasteiger partial charge in [-0.15, -0.1) is 11.3 Å². The molecule has 4 nitrogen and oxygen atoms in total. The van der Waals surface area contributed by atoms with Gasteiger partial charge in [0.15, 0.2) is 0 Å². The van der Waals surface area contributed by atoms with E-state index in [1.165, 1.54) is 11.3 Å². The van der Waals surface area contributed by atoms with E-state index < -0.39 is 10.0 Å². The van der Waals surface area contributed by atoms with E-state index in [1.54, 1.807) is 10.4 Å². The molecule has 1 aromatic rings. The summed E-state index contributed by atoms with van der Waals surface area (Å²) < 4.78 is 28.2. The molecule has 20 heavy (non-hydrogen) atoms. The van der Waals surface area contributed by atoms with Crippen LogP contribution in [0.4, 0.5) is 0 Å². The van der Waals surface area contributed by atoms with Crippen molar-refractivity contribution in [3.63, 3.8) is 0 Å². The van der Waals surface area contributed by atoms with Gasteiger partial charge in [-0.2, -0.15) is 4.31 Å². The number of halogens is 1. The smallest absolute Gasteiger partial charge is 0.245 e. The fraction of sp³-hybridized carbons (Fsp3) is 0.692. The van der Waals surface area contributed by atoms with E-state index in [9.17, 15) is 8.42 Å². The first-order valence-corrected chi connectivity index (χ1v) is 9.89. The lowest BCUT2D eigenvalue weighted by Crippen LogP contribution is -2.47. The van der Waals surface area contributed by atoms with Crippen molar-refractivity contribution in [3.05, 3.63) is 14.7 Å². The van der Waals surface area contributed by atoms with Crippen LogP contribution in [0.2, 0.25) is 0 Å². The Balaban J connectivity index is 2.38. The van der Waals surface area contributed by atoms with Gasteiger partial charge in [-0.1, -0.05) is 6.42 Å². The number of piperidine rings is 1. The first-order chi connectivity index (χ1) is 9.37. The number of rotatable bonds is 4. The molecule has 0 amide bonds. The summed E-state index contributed by atoms with van der Waals surface area (Å²) in [7, 11) is -1.56. The van der Waals surface area contributed by atoms with Crippen LogP contribution < -0.4 is 5.32 Å².